The van der Waals surface area contributed by atoms with Crippen LogP contribution in [0.15, 0.2) is 82.6 Å². The van der Waals surface area contributed by atoms with Crippen molar-refractivity contribution in [3.63, 3.8) is 0 Å². The standard InChI is InChI=1S/C13H7Cl2F2NO3S.C7H3Cl2FO3S.C6H5ClFN.2CH4/c14-9-6-8(2-4-10(9)16)18-13(19)7-1-3-11(17)12(5-7)22(15,20)21;8-7(11)4-1-2-5(10)6(3-4)14(9,12)13;7-5-3-4(9)1-2-6(5)8;;/h1-6H,(H,18,19);1-3H;1-3H,9H2;2*1H4. The van der Waals surface area contributed by atoms with Crippen LogP contribution in [0.1, 0.15) is 35.6 Å². The van der Waals surface area contributed by atoms with Gasteiger partial charge in [-0.25, -0.2) is 34.4 Å². The monoisotopic (exact) mass is 798 g/mol. The quantitative estimate of drug-likeness (QED) is 0.117. The molecule has 4 aromatic rings. The van der Waals surface area contributed by atoms with Gasteiger partial charge in [-0.2, -0.15) is 0 Å². The van der Waals surface area contributed by atoms with Gasteiger partial charge in [0.25, 0.3) is 29.3 Å². The van der Waals surface area contributed by atoms with Crippen LogP contribution in [0.3, 0.4) is 0 Å². The van der Waals surface area contributed by atoms with Crippen molar-refractivity contribution in [3.8, 4) is 0 Å². The van der Waals surface area contributed by atoms with E-state index in [1.165, 1.54) is 30.3 Å². The molecule has 8 nitrogen and oxygen atoms in total. The van der Waals surface area contributed by atoms with E-state index in [4.69, 9.17) is 61.9 Å². The van der Waals surface area contributed by atoms with Crippen molar-refractivity contribution in [3.05, 3.63) is 117 Å². The molecule has 3 N–H and O–H groups in total. The van der Waals surface area contributed by atoms with E-state index in [9.17, 15) is 44.0 Å². The Morgan fingerprint density at radius 2 is 1.02 bits per heavy atom. The predicted molar refractivity (Wildman–Crippen MR) is 178 cm³/mol. The lowest BCUT2D eigenvalue weighted by Gasteiger charge is -2.07. The molecule has 0 fully saturated rings. The fourth-order valence-corrected chi connectivity index (χ4v) is 5.27. The van der Waals surface area contributed by atoms with Crippen molar-refractivity contribution in [1.29, 1.82) is 0 Å². The minimum absolute atomic E-state index is 0. The zero-order chi connectivity index (χ0) is 34.3. The molecule has 0 spiro atoms. The molecule has 256 valence electrons. The maximum absolute atomic E-state index is 13.4. The van der Waals surface area contributed by atoms with E-state index in [1.807, 2.05) is 0 Å². The van der Waals surface area contributed by atoms with Gasteiger partial charge in [-0.1, -0.05) is 38.1 Å². The van der Waals surface area contributed by atoms with Crippen LogP contribution in [0, 0.1) is 23.3 Å². The van der Waals surface area contributed by atoms with Crippen LogP contribution in [0.4, 0.5) is 28.9 Å². The first kappa shape index (κ1) is 43.9. The smallest absolute Gasteiger partial charge is 0.264 e. The summed E-state index contributed by atoms with van der Waals surface area (Å²) in [7, 11) is 1.47. The Kier molecular flexibility index (Phi) is 17.2. The van der Waals surface area contributed by atoms with Gasteiger partial charge in [0.2, 0.25) is 0 Å². The molecule has 0 aliphatic rings. The third-order valence-corrected chi connectivity index (χ3v) is 8.47. The highest BCUT2D eigenvalue weighted by Gasteiger charge is 2.20. The lowest BCUT2D eigenvalue weighted by Crippen LogP contribution is -2.13. The minimum Gasteiger partial charge on any atom is -0.399 e. The lowest BCUT2D eigenvalue weighted by atomic mass is 10.2. The average molecular weight is 801 g/mol. The molecule has 47 heavy (non-hydrogen) atoms. The predicted octanol–water partition coefficient (Wildman–Crippen LogP) is 9.26. The number of nitrogens with two attached hydrogens (primary N) is 1. The molecule has 4 rings (SSSR count). The fourth-order valence-electron chi connectivity index (χ4n) is 2.93. The van der Waals surface area contributed by atoms with Crippen LogP contribution in [-0.2, 0) is 18.1 Å². The highest BCUT2D eigenvalue weighted by molar-refractivity contribution is 8.14. The molecular weight excluding hydrogens is 778 g/mol. The zero-order valence-corrected chi connectivity index (χ0v) is 27.1. The van der Waals surface area contributed by atoms with Crippen molar-refractivity contribution in [2.24, 2.45) is 0 Å². The maximum Gasteiger partial charge on any atom is 0.264 e. The Morgan fingerprint density at radius 1 is 0.617 bits per heavy atom. The minimum atomic E-state index is -4.33. The number of hydrogen-bond donors (Lipinski definition) is 2. The van der Waals surface area contributed by atoms with E-state index in [-0.39, 0.29) is 41.7 Å². The molecule has 0 saturated carbocycles. The summed E-state index contributed by atoms with van der Waals surface area (Å²) in [6.07, 6.45) is 0. The molecule has 0 bridgehead atoms. The summed E-state index contributed by atoms with van der Waals surface area (Å²) >= 11 is 16.0. The highest BCUT2D eigenvalue weighted by atomic mass is 35.7. The van der Waals surface area contributed by atoms with Gasteiger partial charge in [-0.15, -0.1) is 0 Å². The van der Waals surface area contributed by atoms with Crippen LogP contribution in [-0.4, -0.2) is 28.0 Å². The van der Waals surface area contributed by atoms with Gasteiger partial charge >= 0.3 is 0 Å². The van der Waals surface area contributed by atoms with E-state index in [0.717, 1.165) is 42.5 Å². The molecule has 1 amide bonds. The average Bonchev–Trinajstić information content (AvgIpc) is 2.93. The Labute approximate surface area is 292 Å². The summed E-state index contributed by atoms with van der Waals surface area (Å²) in [6.45, 7) is 0. The number of nitrogen functional groups attached to an aromatic ring is 1. The normalized spacial score (nSPS) is 10.5. The molecule has 0 radical (unpaired) electrons. The van der Waals surface area contributed by atoms with Gasteiger partial charge in [-0.05, 0) is 84.4 Å². The number of nitrogens with one attached hydrogen (secondary N) is 1. The van der Waals surface area contributed by atoms with Gasteiger partial charge in [-0.3, -0.25) is 9.59 Å². The summed E-state index contributed by atoms with van der Waals surface area (Å²) in [5.74, 6) is -3.93. The first-order valence-electron chi connectivity index (χ1n) is 11.4. The van der Waals surface area contributed by atoms with Crippen molar-refractivity contribution < 1.29 is 44.0 Å². The SMILES string of the molecule is C.C.Nc1ccc(F)c(Cl)c1.O=C(Cl)c1ccc(F)c(S(=O)(=O)Cl)c1.O=C(Nc1ccc(F)c(Cl)c1)c1ccc(F)c(S(=O)(=O)Cl)c1. The summed E-state index contributed by atoms with van der Waals surface area (Å²) < 4.78 is 95.6. The molecule has 0 aliphatic heterocycles. The van der Waals surface area contributed by atoms with Crippen LogP contribution in [0.5, 0.6) is 0 Å². The third kappa shape index (κ3) is 13.5. The van der Waals surface area contributed by atoms with E-state index < -0.39 is 62.3 Å². The Bertz CT molecular complexity index is 1990. The van der Waals surface area contributed by atoms with Crippen molar-refractivity contribution in [2.75, 3.05) is 11.1 Å². The van der Waals surface area contributed by atoms with Gasteiger partial charge < -0.3 is 11.1 Å². The Hall–Kier alpha value is -3.11. The second-order valence-corrected chi connectivity index (χ2v) is 14.4. The Morgan fingerprint density at radius 3 is 1.43 bits per heavy atom. The largest absolute Gasteiger partial charge is 0.399 e. The van der Waals surface area contributed by atoms with Crippen LogP contribution < -0.4 is 11.1 Å². The highest BCUT2D eigenvalue weighted by Crippen LogP contribution is 2.24. The van der Waals surface area contributed by atoms with Crippen molar-refractivity contribution in [2.45, 2.75) is 24.6 Å². The van der Waals surface area contributed by atoms with E-state index in [2.05, 4.69) is 5.32 Å². The number of benzene rings is 4. The summed E-state index contributed by atoms with van der Waals surface area (Å²) in [5, 5.41) is 1.36. The molecule has 0 aromatic heterocycles. The van der Waals surface area contributed by atoms with Crippen LogP contribution in [0.25, 0.3) is 0 Å². The van der Waals surface area contributed by atoms with E-state index in [1.54, 1.807) is 0 Å². The molecule has 19 heteroatoms. The lowest BCUT2D eigenvalue weighted by molar-refractivity contribution is 0.102. The number of halogens is 9. The van der Waals surface area contributed by atoms with E-state index >= 15 is 0 Å². The summed E-state index contributed by atoms with van der Waals surface area (Å²) in [6, 6.07) is 12.9. The second kappa shape index (κ2) is 18.4. The third-order valence-electron chi connectivity index (χ3n) is 5.00. The molecule has 0 saturated heterocycles. The Balaban J connectivity index is 0.000000727. The van der Waals surface area contributed by atoms with Gasteiger partial charge in [0.05, 0.1) is 10.0 Å². The van der Waals surface area contributed by atoms with Crippen molar-refractivity contribution >= 4 is 96.8 Å². The zero-order valence-electron chi connectivity index (χ0n) is 21.7. The first-order chi connectivity index (χ1) is 20.7. The molecular formula is C28H23Cl5F4N2O6S2. The van der Waals surface area contributed by atoms with E-state index in [0.29, 0.717) is 5.69 Å². The topological polar surface area (TPSA) is 140 Å². The van der Waals surface area contributed by atoms with Crippen LogP contribution in [0.2, 0.25) is 10.0 Å². The number of carbonyl (C=O) groups is 2. The number of anilines is 2. The van der Waals surface area contributed by atoms with Gasteiger partial charge in [0, 0.05) is 43.9 Å². The van der Waals surface area contributed by atoms with Crippen molar-refractivity contribution in [1.82, 2.24) is 0 Å². The molecule has 0 unspecified atom stereocenters. The molecule has 0 atom stereocenters. The number of hydrogen-bond acceptors (Lipinski definition) is 7. The summed E-state index contributed by atoms with van der Waals surface area (Å²) in [4.78, 5) is 21.1. The van der Waals surface area contributed by atoms with Gasteiger partial charge in [0.1, 0.15) is 33.1 Å². The number of rotatable bonds is 5. The molecule has 0 aliphatic carbocycles. The summed E-state index contributed by atoms with van der Waals surface area (Å²) in [5.41, 5.74) is 5.67. The molecule has 4 aromatic carbocycles. The first-order valence-corrected chi connectivity index (χ1v) is 17.1. The fraction of sp³-hybridized carbons (Fsp3) is 0.0714. The van der Waals surface area contributed by atoms with Crippen LogP contribution >= 0.6 is 56.2 Å². The number of amides is 1. The second-order valence-electron chi connectivity index (χ2n) is 8.20. The number of carbonyl (C=O) groups excluding carboxylic acids is 2. The molecule has 0 heterocycles. The maximum atomic E-state index is 13.4. The van der Waals surface area contributed by atoms with Gasteiger partial charge in [0.15, 0.2) is 0 Å².